The third-order valence-electron chi connectivity index (χ3n) is 3.35. The Morgan fingerprint density at radius 2 is 2.12 bits per heavy atom. The van der Waals surface area contributed by atoms with Gasteiger partial charge in [-0.2, -0.15) is 10.4 Å². The highest BCUT2D eigenvalue weighted by atomic mass is 32.2. The third-order valence-corrected chi connectivity index (χ3v) is 4.35. The number of primary amides is 1. The first-order valence-electron chi connectivity index (χ1n) is 6.94. The van der Waals surface area contributed by atoms with Crippen molar-refractivity contribution in [3.8, 4) is 11.8 Å². The van der Waals surface area contributed by atoms with Gasteiger partial charge in [-0.1, -0.05) is 11.8 Å². The predicted molar refractivity (Wildman–Crippen MR) is 88.7 cm³/mol. The van der Waals surface area contributed by atoms with Gasteiger partial charge in [0.1, 0.15) is 5.39 Å². The fourth-order valence-corrected chi connectivity index (χ4v) is 2.79. The lowest BCUT2D eigenvalue weighted by Gasteiger charge is -2.07. The number of carbonyl (C=O) groups is 1. The van der Waals surface area contributed by atoms with Crippen molar-refractivity contribution in [2.75, 3.05) is 0 Å². The molecule has 1 amide bonds. The molecule has 8 nitrogen and oxygen atoms in total. The van der Waals surface area contributed by atoms with E-state index in [1.165, 1.54) is 10.9 Å². The molecule has 1 aromatic carbocycles. The second-order valence-corrected chi connectivity index (χ2v) is 6.32. The fourth-order valence-electron chi connectivity index (χ4n) is 2.05. The molecule has 0 fully saturated rings. The molecule has 0 radical (unpaired) electrons. The number of benzene rings is 1. The Labute approximate surface area is 140 Å². The number of rotatable bonds is 4. The molecule has 0 aliphatic heterocycles. The van der Waals surface area contributed by atoms with E-state index >= 15 is 0 Å². The van der Waals surface area contributed by atoms with Gasteiger partial charge in [-0.15, -0.1) is 0 Å². The number of nitrogens with zero attached hydrogens (tertiary/aromatic N) is 4. The molecule has 0 aliphatic carbocycles. The number of hydrogen-bond donors (Lipinski definition) is 2. The molecule has 0 spiro atoms. The van der Waals surface area contributed by atoms with Crippen LogP contribution in [0.3, 0.4) is 0 Å². The normalized spacial score (nSPS) is 12.0. The van der Waals surface area contributed by atoms with E-state index in [1.807, 2.05) is 6.07 Å². The van der Waals surface area contributed by atoms with Gasteiger partial charge in [-0.05, 0) is 31.2 Å². The summed E-state index contributed by atoms with van der Waals surface area (Å²) in [6.07, 6.45) is 1.42. The molecular weight excluding hydrogens is 328 g/mol. The lowest BCUT2D eigenvalue weighted by molar-refractivity contribution is -0.117. The maximum absolute atomic E-state index is 12.2. The standard InChI is InChI=1S/C15H12N6O2S/c1-8(12(17)22)24-15-19-13-11(14(23)20-15)7-18-21(13)10-4-2-9(6-16)3-5-10/h2-5,7-8H,1H3,(H2,17,22)(H,19,20,23). The van der Waals surface area contributed by atoms with Crippen molar-refractivity contribution in [2.45, 2.75) is 17.3 Å². The molecule has 0 bridgehead atoms. The van der Waals surface area contributed by atoms with Crippen LogP contribution in [0.15, 0.2) is 40.4 Å². The van der Waals surface area contributed by atoms with Crippen LogP contribution in [0, 0.1) is 11.3 Å². The molecule has 24 heavy (non-hydrogen) atoms. The van der Waals surface area contributed by atoms with E-state index < -0.39 is 11.2 Å². The summed E-state index contributed by atoms with van der Waals surface area (Å²) < 4.78 is 1.50. The van der Waals surface area contributed by atoms with E-state index in [0.717, 1.165) is 11.8 Å². The number of carbonyl (C=O) groups excluding carboxylic acids is 1. The van der Waals surface area contributed by atoms with E-state index in [4.69, 9.17) is 11.0 Å². The van der Waals surface area contributed by atoms with Crippen molar-refractivity contribution < 1.29 is 4.79 Å². The molecule has 9 heteroatoms. The minimum Gasteiger partial charge on any atom is -0.369 e. The van der Waals surface area contributed by atoms with Crippen LogP contribution in [0.4, 0.5) is 0 Å². The maximum atomic E-state index is 12.2. The van der Waals surface area contributed by atoms with Gasteiger partial charge in [-0.3, -0.25) is 9.59 Å². The summed E-state index contributed by atoms with van der Waals surface area (Å²) in [7, 11) is 0. The number of thioether (sulfide) groups is 1. The molecule has 120 valence electrons. The Hall–Kier alpha value is -3.12. The highest BCUT2D eigenvalue weighted by Gasteiger charge is 2.16. The molecule has 0 saturated heterocycles. The molecule has 0 saturated carbocycles. The first kappa shape index (κ1) is 15.8. The SMILES string of the molecule is CC(Sc1nc2c(cnn2-c2ccc(C#N)cc2)c(=O)[nH]1)C(N)=O. The van der Waals surface area contributed by atoms with Crippen LogP contribution in [0.5, 0.6) is 0 Å². The van der Waals surface area contributed by atoms with Gasteiger partial charge < -0.3 is 10.7 Å². The number of aromatic amines is 1. The second-order valence-electron chi connectivity index (χ2n) is 4.99. The minimum absolute atomic E-state index is 0.286. The summed E-state index contributed by atoms with van der Waals surface area (Å²) in [5.74, 6) is -0.497. The summed E-state index contributed by atoms with van der Waals surface area (Å²) in [6.45, 7) is 1.63. The molecule has 3 rings (SSSR count). The van der Waals surface area contributed by atoms with E-state index in [1.54, 1.807) is 31.2 Å². The molecule has 3 N–H and O–H groups in total. The van der Waals surface area contributed by atoms with Crippen molar-refractivity contribution in [3.05, 3.63) is 46.4 Å². The Morgan fingerprint density at radius 1 is 1.42 bits per heavy atom. The van der Waals surface area contributed by atoms with Gasteiger partial charge in [0.05, 0.1) is 28.8 Å². The van der Waals surface area contributed by atoms with Gasteiger partial charge in [0.15, 0.2) is 10.8 Å². The van der Waals surface area contributed by atoms with Gasteiger partial charge in [0, 0.05) is 0 Å². The van der Waals surface area contributed by atoms with Gasteiger partial charge in [0.2, 0.25) is 5.91 Å². The molecular formula is C15H12N6O2S. The topological polar surface area (TPSA) is 130 Å². The van der Waals surface area contributed by atoms with Crippen molar-refractivity contribution >= 4 is 28.7 Å². The average Bonchev–Trinajstić information content (AvgIpc) is 2.99. The van der Waals surface area contributed by atoms with Crippen molar-refractivity contribution in [1.29, 1.82) is 5.26 Å². The number of fused-ring (bicyclic) bond motifs is 1. The largest absolute Gasteiger partial charge is 0.369 e. The number of nitriles is 1. The first-order valence-corrected chi connectivity index (χ1v) is 7.82. The average molecular weight is 340 g/mol. The van der Waals surface area contributed by atoms with Crippen LogP contribution in [0.1, 0.15) is 12.5 Å². The monoisotopic (exact) mass is 340 g/mol. The molecule has 1 atom stereocenters. The summed E-state index contributed by atoms with van der Waals surface area (Å²) >= 11 is 1.07. The van der Waals surface area contributed by atoms with Gasteiger partial charge in [0.25, 0.3) is 5.56 Å². The van der Waals surface area contributed by atoms with Crippen molar-refractivity contribution in [2.24, 2.45) is 5.73 Å². The summed E-state index contributed by atoms with van der Waals surface area (Å²) in [6, 6.07) is 8.78. The lowest BCUT2D eigenvalue weighted by Crippen LogP contribution is -2.23. The zero-order valence-corrected chi connectivity index (χ0v) is 13.4. The van der Waals surface area contributed by atoms with E-state index in [9.17, 15) is 9.59 Å². The van der Waals surface area contributed by atoms with E-state index in [-0.39, 0.29) is 10.7 Å². The molecule has 0 aliphatic rings. The number of aromatic nitrogens is 4. The molecule has 2 heterocycles. The van der Waals surface area contributed by atoms with Crippen LogP contribution >= 0.6 is 11.8 Å². The number of nitrogens with two attached hydrogens (primary N) is 1. The van der Waals surface area contributed by atoms with Crippen LogP contribution in [-0.4, -0.2) is 30.9 Å². The number of hydrogen-bond acceptors (Lipinski definition) is 6. The Morgan fingerprint density at radius 3 is 2.75 bits per heavy atom. The molecule has 2 aromatic heterocycles. The van der Waals surface area contributed by atoms with Crippen LogP contribution in [-0.2, 0) is 4.79 Å². The second kappa shape index (κ2) is 6.17. The quantitative estimate of drug-likeness (QED) is 0.537. The Bertz CT molecular complexity index is 1020. The van der Waals surface area contributed by atoms with E-state index in [2.05, 4.69) is 15.1 Å². The van der Waals surface area contributed by atoms with Gasteiger partial charge >= 0.3 is 0 Å². The lowest BCUT2D eigenvalue weighted by atomic mass is 10.2. The Balaban J connectivity index is 2.09. The van der Waals surface area contributed by atoms with E-state index in [0.29, 0.717) is 22.3 Å². The number of amides is 1. The predicted octanol–water partition coefficient (Wildman–Crippen LogP) is 0.946. The fraction of sp³-hybridized carbons (Fsp3) is 0.133. The van der Waals surface area contributed by atoms with Crippen LogP contribution < -0.4 is 11.3 Å². The van der Waals surface area contributed by atoms with Crippen molar-refractivity contribution in [3.63, 3.8) is 0 Å². The Kier molecular flexibility index (Phi) is 4.05. The number of H-pyrrole nitrogens is 1. The highest BCUT2D eigenvalue weighted by Crippen LogP contribution is 2.21. The number of nitrogens with one attached hydrogen (secondary N) is 1. The smallest absolute Gasteiger partial charge is 0.262 e. The highest BCUT2D eigenvalue weighted by molar-refractivity contribution is 8.00. The third kappa shape index (κ3) is 2.87. The maximum Gasteiger partial charge on any atom is 0.262 e. The summed E-state index contributed by atoms with van der Waals surface area (Å²) in [4.78, 5) is 30.3. The van der Waals surface area contributed by atoms with Crippen LogP contribution in [0.25, 0.3) is 16.7 Å². The molecule has 1 unspecified atom stereocenters. The summed E-state index contributed by atoms with van der Waals surface area (Å²) in [5.41, 5.74) is 6.44. The molecule has 3 aromatic rings. The zero-order valence-electron chi connectivity index (χ0n) is 12.6. The first-order chi connectivity index (χ1) is 11.5. The van der Waals surface area contributed by atoms with Crippen molar-refractivity contribution in [1.82, 2.24) is 19.7 Å². The summed E-state index contributed by atoms with van der Waals surface area (Å²) in [5, 5.41) is 13.1. The zero-order chi connectivity index (χ0) is 17.3. The minimum atomic E-state index is -0.531. The van der Waals surface area contributed by atoms with Crippen LogP contribution in [0.2, 0.25) is 0 Å². The van der Waals surface area contributed by atoms with Gasteiger partial charge in [-0.25, -0.2) is 9.67 Å².